The number of alkyl halides is 2. The van der Waals surface area contributed by atoms with Gasteiger partial charge in [-0.3, -0.25) is 4.99 Å². The molecule has 29 heavy (non-hydrogen) atoms. The molecule has 0 aliphatic carbocycles. The first-order valence-electron chi connectivity index (χ1n) is 9.64. The molecule has 1 heterocycles. The summed E-state index contributed by atoms with van der Waals surface area (Å²) in [6.07, 6.45) is 4.51. The molecule has 0 aliphatic rings. The van der Waals surface area contributed by atoms with E-state index < -0.39 is 6.61 Å². The van der Waals surface area contributed by atoms with Gasteiger partial charge in [-0.2, -0.15) is 8.78 Å². The molecule has 0 fully saturated rings. The van der Waals surface area contributed by atoms with Crippen LogP contribution in [0.1, 0.15) is 35.7 Å². The molecule has 0 atom stereocenters. The van der Waals surface area contributed by atoms with Gasteiger partial charge in [0, 0.05) is 49.3 Å². The van der Waals surface area contributed by atoms with Crippen LogP contribution in [0, 0.1) is 0 Å². The van der Waals surface area contributed by atoms with Crippen LogP contribution in [0.25, 0.3) is 0 Å². The fraction of sp³-hybridized carbons (Fsp3) is 0.500. The molecule has 0 spiro atoms. The minimum absolute atomic E-state index is 0.0893. The average Bonchev–Trinajstić information content (AvgIpc) is 3.17. The highest BCUT2D eigenvalue weighted by molar-refractivity contribution is 7.11. The van der Waals surface area contributed by atoms with E-state index in [1.54, 1.807) is 30.5 Å². The van der Waals surface area contributed by atoms with E-state index in [2.05, 4.69) is 32.3 Å². The highest BCUT2D eigenvalue weighted by Gasteiger charge is 2.12. The number of thiazole rings is 1. The lowest BCUT2D eigenvalue weighted by Crippen LogP contribution is -2.37. The lowest BCUT2D eigenvalue weighted by molar-refractivity contribution is -0.0505. The van der Waals surface area contributed by atoms with Crippen LogP contribution < -0.4 is 20.1 Å². The summed E-state index contributed by atoms with van der Waals surface area (Å²) in [6, 6.07) is 4.95. The predicted octanol–water partition coefficient (Wildman–Crippen LogP) is 4.00. The zero-order chi connectivity index (χ0) is 21.1. The maximum atomic E-state index is 12.8. The van der Waals surface area contributed by atoms with Crippen molar-refractivity contribution in [1.29, 1.82) is 0 Å². The molecule has 0 aliphatic heterocycles. The van der Waals surface area contributed by atoms with Gasteiger partial charge in [0.25, 0.3) is 0 Å². The van der Waals surface area contributed by atoms with Gasteiger partial charge in [-0.1, -0.05) is 13.8 Å². The van der Waals surface area contributed by atoms with Gasteiger partial charge in [0.15, 0.2) is 5.96 Å². The fourth-order valence-electron chi connectivity index (χ4n) is 2.51. The number of hydrogen-bond acceptors (Lipinski definition) is 5. The second-order valence-electron chi connectivity index (χ2n) is 6.17. The molecular formula is C20H28F2N4O2S. The van der Waals surface area contributed by atoms with E-state index in [0.717, 1.165) is 24.3 Å². The molecule has 2 rings (SSSR count). The van der Waals surface area contributed by atoms with Gasteiger partial charge < -0.3 is 20.1 Å². The van der Waals surface area contributed by atoms with Gasteiger partial charge in [-0.05, 0) is 25.0 Å². The zero-order valence-corrected chi connectivity index (χ0v) is 17.8. The van der Waals surface area contributed by atoms with Crippen LogP contribution in [-0.2, 0) is 19.4 Å². The maximum absolute atomic E-state index is 12.8. The molecule has 0 radical (unpaired) electrons. The van der Waals surface area contributed by atoms with Crippen molar-refractivity contribution in [3.8, 4) is 11.5 Å². The zero-order valence-electron chi connectivity index (χ0n) is 17.0. The number of aryl methyl sites for hydroxylation is 1. The molecule has 0 bridgehead atoms. The number of nitrogens with one attached hydrogen (secondary N) is 2. The Morgan fingerprint density at radius 1 is 1.28 bits per heavy atom. The number of rotatable bonds is 11. The van der Waals surface area contributed by atoms with E-state index in [4.69, 9.17) is 4.74 Å². The molecule has 160 valence electrons. The largest absolute Gasteiger partial charge is 0.493 e. The summed E-state index contributed by atoms with van der Waals surface area (Å²) in [4.78, 5) is 9.82. The molecule has 0 unspecified atom stereocenters. The first-order valence-corrected chi connectivity index (χ1v) is 10.5. The van der Waals surface area contributed by atoms with Crippen LogP contribution in [0.2, 0.25) is 0 Å². The van der Waals surface area contributed by atoms with Crippen molar-refractivity contribution >= 4 is 17.3 Å². The van der Waals surface area contributed by atoms with Crippen LogP contribution >= 0.6 is 11.3 Å². The number of benzene rings is 1. The van der Waals surface area contributed by atoms with Gasteiger partial charge in [0.2, 0.25) is 0 Å². The standard InChI is InChI=1S/C20H28F2N4O2S/c1-4-10-27-15-7-6-14(17(11-15)28-19(21)22)12-26-20(23-3)24-9-8-18-25-13-16(5-2)29-18/h6-7,11,13,19H,4-5,8-10,12H2,1-3H3,(H2,23,24,26). The third kappa shape index (κ3) is 7.84. The monoisotopic (exact) mass is 426 g/mol. The molecule has 1 aromatic carbocycles. The molecule has 6 nitrogen and oxygen atoms in total. The summed E-state index contributed by atoms with van der Waals surface area (Å²) in [5, 5.41) is 7.40. The van der Waals surface area contributed by atoms with Crippen molar-refractivity contribution in [2.24, 2.45) is 4.99 Å². The van der Waals surface area contributed by atoms with E-state index in [-0.39, 0.29) is 12.3 Å². The number of ether oxygens (including phenoxy) is 2. The number of aromatic nitrogens is 1. The lowest BCUT2D eigenvalue weighted by Gasteiger charge is -2.15. The van der Waals surface area contributed by atoms with Gasteiger partial charge in [0.1, 0.15) is 11.5 Å². The number of nitrogens with zero attached hydrogens (tertiary/aromatic N) is 2. The summed E-state index contributed by atoms with van der Waals surface area (Å²) >= 11 is 1.71. The molecule has 2 N–H and O–H groups in total. The van der Waals surface area contributed by atoms with Crippen molar-refractivity contribution in [2.45, 2.75) is 46.3 Å². The summed E-state index contributed by atoms with van der Waals surface area (Å²) in [7, 11) is 1.66. The van der Waals surface area contributed by atoms with E-state index in [1.807, 2.05) is 13.1 Å². The van der Waals surface area contributed by atoms with E-state index in [9.17, 15) is 8.78 Å². The van der Waals surface area contributed by atoms with Crippen molar-refractivity contribution in [2.75, 3.05) is 20.2 Å². The number of guanidine groups is 1. The Hall–Kier alpha value is -2.42. The smallest absolute Gasteiger partial charge is 0.387 e. The molecule has 0 amide bonds. The Bertz CT molecular complexity index is 784. The molecule has 9 heteroatoms. The van der Waals surface area contributed by atoms with Gasteiger partial charge in [-0.15, -0.1) is 11.3 Å². The molecule has 1 aromatic heterocycles. The highest BCUT2D eigenvalue weighted by atomic mass is 32.1. The van der Waals surface area contributed by atoms with E-state index in [1.165, 1.54) is 10.9 Å². The minimum atomic E-state index is -2.90. The Morgan fingerprint density at radius 3 is 2.76 bits per heavy atom. The summed E-state index contributed by atoms with van der Waals surface area (Å²) < 4.78 is 35.7. The van der Waals surface area contributed by atoms with E-state index in [0.29, 0.717) is 30.4 Å². The van der Waals surface area contributed by atoms with Crippen LogP contribution in [0.4, 0.5) is 8.78 Å². The van der Waals surface area contributed by atoms with Gasteiger partial charge >= 0.3 is 6.61 Å². The molecule has 2 aromatic rings. The van der Waals surface area contributed by atoms with Crippen molar-refractivity contribution < 1.29 is 18.3 Å². The number of aliphatic imine (C=N–C) groups is 1. The van der Waals surface area contributed by atoms with Crippen LogP contribution in [0.15, 0.2) is 29.4 Å². The highest BCUT2D eigenvalue weighted by Crippen LogP contribution is 2.26. The fourth-order valence-corrected chi connectivity index (χ4v) is 3.37. The van der Waals surface area contributed by atoms with Crippen molar-refractivity contribution in [3.05, 3.63) is 39.8 Å². The van der Waals surface area contributed by atoms with E-state index >= 15 is 0 Å². The number of halogens is 2. The Kier molecular flexibility index (Phi) is 9.63. The Morgan fingerprint density at radius 2 is 2.10 bits per heavy atom. The Labute approximate surface area is 174 Å². The molecule has 0 saturated heterocycles. The summed E-state index contributed by atoms with van der Waals surface area (Å²) in [5.74, 6) is 1.17. The molecular weight excluding hydrogens is 398 g/mol. The van der Waals surface area contributed by atoms with Crippen LogP contribution in [0.3, 0.4) is 0 Å². The average molecular weight is 427 g/mol. The Balaban J connectivity index is 1.91. The first kappa shape index (κ1) is 22.9. The van der Waals surface area contributed by atoms with Gasteiger partial charge in [-0.25, -0.2) is 4.98 Å². The van der Waals surface area contributed by atoms with Crippen molar-refractivity contribution in [3.63, 3.8) is 0 Å². The van der Waals surface area contributed by atoms with Crippen molar-refractivity contribution in [1.82, 2.24) is 15.6 Å². The minimum Gasteiger partial charge on any atom is -0.493 e. The summed E-state index contributed by atoms with van der Waals surface area (Å²) in [6.45, 7) is 2.65. The topological polar surface area (TPSA) is 67.8 Å². The lowest BCUT2D eigenvalue weighted by atomic mass is 10.2. The SMILES string of the molecule is CCCOc1ccc(CNC(=NC)NCCc2ncc(CC)s2)c(OC(F)F)c1. The number of hydrogen-bond donors (Lipinski definition) is 2. The first-order chi connectivity index (χ1) is 14.0. The van der Waals surface area contributed by atoms with Crippen LogP contribution in [0.5, 0.6) is 11.5 Å². The van der Waals surface area contributed by atoms with Crippen LogP contribution in [-0.4, -0.2) is 37.8 Å². The molecule has 0 saturated carbocycles. The second kappa shape index (κ2) is 12.2. The summed E-state index contributed by atoms with van der Waals surface area (Å²) in [5.41, 5.74) is 0.588. The third-order valence-electron chi connectivity index (χ3n) is 3.98. The maximum Gasteiger partial charge on any atom is 0.387 e. The third-order valence-corrected chi connectivity index (χ3v) is 5.18. The second-order valence-corrected chi connectivity index (χ2v) is 7.37. The normalized spacial score (nSPS) is 11.6. The quantitative estimate of drug-likeness (QED) is 0.420. The van der Waals surface area contributed by atoms with Gasteiger partial charge in [0.05, 0.1) is 11.6 Å². The predicted molar refractivity (Wildman–Crippen MR) is 112 cm³/mol.